The molecule has 146 valence electrons. The van der Waals surface area contributed by atoms with Gasteiger partial charge in [0.05, 0.1) is 11.0 Å². The lowest BCUT2D eigenvalue weighted by Crippen LogP contribution is -2.67. The quantitative estimate of drug-likeness (QED) is 0.552. The van der Waals surface area contributed by atoms with E-state index in [1.54, 1.807) is 0 Å². The van der Waals surface area contributed by atoms with Gasteiger partial charge in [0.15, 0.2) is 0 Å². The number of aliphatic hydroxyl groups is 1. The van der Waals surface area contributed by atoms with Crippen molar-refractivity contribution in [1.29, 1.82) is 0 Å². The van der Waals surface area contributed by atoms with Crippen LogP contribution in [0, 0.1) is 28.6 Å². The molecule has 4 aliphatic rings. The van der Waals surface area contributed by atoms with E-state index < -0.39 is 5.60 Å². The number of carbonyl (C=O) groups is 2. The first-order valence-electron chi connectivity index (χ1n) is 10.2. The topological polar surface area (TPSA) is 63.6 Å². The smallest absolute Gasteiger partial charge is 0.302 e. The van der Waals surface area contributed by atoms with Crippen LogP contribution < -0.4 is 0 Å². The summed E-state index contributed by atoms with van der Waals surface area (Å²) in [7, 11) is 0. The Kier molecular flexibility index (Phi) is 4.28. The van der Waals surface area contributed by atoms with Crippen molar-refractivity contribution in [2.24, 2.45) is 28.6 Å². The SMILES string of the molecule is CC(=O)O[C@H]1CC[C@]2(C)[C@H]3CC[C@]4(C)C(=O)CC[C@@H]4[C@@H]3C[C@H](Cl)[C@@]2(O)C1. The summed E-state index contributed by atoms with van der Waals surface area (Å²) < 4.78 is 5.43. The average Bonchev–Trinajstić information content (AvgIpc) is 2.86. The van der Waals surface area contributed by atoms with E-state index in [0.29, 0.717) is 36.4 Å². The van der Waals surface area contributed by atoms with Crippen LogP contribution in [0.4, 0.5) is 0 Å². The van der Waals surface area contributed by atoms with Crippen molar-refractivity contribution < 1.29 is 19.4 Å². The van der Waals surface area contributed by atoms with E-state index >= 15 is 0 Å². The molecule has 4 rings (SSSR count). The number of Topliss-reactive ketones (excluding diaryl/α,β-unsaturated/α-hetero) is 1. The number of ketones is 1. The number of fused-ring (bicyclic) bond motifs is 5. The molecule has 4 nitrogen and oxygen atoms in total. The molecule has 4 fully saturated rings. The van der Waals surface area contributed by atoms with Gasteiger partial charge < -0.3 is 9.84 Å². The highest BCUT2D eigenvalue weighted by Gasteiger charge is 2.67. The van der Waals surface area contributed by atoms with E-state index in [-0.39, 0.29) is 28.3 Å². The first kappa shape index (κ1) is 18.7. The molecule has 5 heteroatoms. The monoisotopic (exact) mass is 382 g/mol. The van der Waals surface area contributed by atoms with Gasteiger partial charge in [-0.25, -0.2) is 0 Å². The van der Waals surface area contributed by atoms with Crippen LogP contribution in [0.5, 0.6) is 0 Å². The third-order valence-corrected chi connectivity index (χ3v) is 9.35. The summed E-state index contributed by atoms with van der Waals surface area (Å²) >= 11 is 6.84. The summed E-state index contributed by atoms with van der Waals surface area (Å²) in [6, 6.07) is 0. The maximum atomic E-state index is 12.5. The lowest BCUT2D eigenvalue weighted by molar-refractivity contribution is -0.219. The van der Waals surface area contributed by atoms with Crippen molar-refractivity contribution in [3.8, 4) is 0 Å². The molecule has 26 heavy (non-hydrogen) atoms. The van der Waals surface area contributed by atoms with E-state index in [4.69, 9.17) is 16.3 Å². The maximum Gasteiger partial charge on any atom is 0.302 e. The number of esters is 1. The number of carbonyl (C=O) groups excluding carboxylic acids is 2. The maximum absolute atomic E-state index is 12.5. The Balaban J connectivity index is 1.65. The van der Waals surface area contributed by atoms with Crippen molar-refractivity contribution in [3.63, 3.8) is 0 Å². The van der Waals surface area contributed by atoms with Gasteiger partial charge in [-0.15, -0.1) is 11.6 Å². The number of ether oxygens (including phenoxy) is 1. The molecule has 8 atom stereocenters. The summed E-state index contributed by atoms with van der Waals surface area (Å²) in [6.45, 7) is 5.78. The number of halogens is 1. The highest BCUT2D eigenvalue weighted by Crippen LogP contribution is 2.67. The predicted molar refractivity (Wildman–Crippen MR) is 98.8 cm³/mol. The molecular weight excluding hydrogens is 352 g/mol. The normalized spacial score (nSPS) is 53.4. The lowest BCUT2D eigenvalue weighted by atomic mass is 9.43. The molecule has 0 aromatic rings. The Labute approximate surface area is 161 Å². The molecule has 4 saturated carbocycles. The van der Waals surface area contributed by atoms with Gasteiger partial charge in [0.1, 0.15) is 11.9 Å². The number of hydrogen-bond acceptors (Lipinski definition) is 4. The molecule has 0 radical (unpaired) electrons. The molecule has 0 aromatic carbocycles. The van der Waals surface area contributed by atoms with Gasteiger partial charge in [-0.05, 0) is 56.3 Å². The van der Waals surface area contributed by atoms with Crippen molar-refractivity contribution >= 4 is 23.4 Å². The highest BCUT2D eigenvalue weighted by atomic mass is 35.5. The minimum Gasteiger partial charge on any atom is -0.462 e. The zero-order valence-electron chi connectivity index (χ0n) is 16.1. The van der Waals surface area contributed by atoms with Crippen LogP contribution in [-0.4, -0.2) is 33.9 Å². The van der Waals surface area contributed by atoms with Crippen LogP contribution in [0.25, 0.3) is 0 Å². The number of hydrogen-bond donors (Lipinski definition) is 1. The fraction of sp³-hybridized carbons (Fsp3) is 0.905. The first-order valence-corrected chi connectivity index (χ1v) is 10.6. The zero-order valence-corrected chi connectivity index (χ0v) is 16.8. The van der Waals surface area contributed by atoms with Crippen molar-refractivity contribution in [3.05, 3.63) is 0 Å². The third-order valence-electron chi connectivity index (χ3n) is 8.81. The Morgan fingerprint density at radius 2 is 1.92 bits per heavy atom. The van der Waals surface area contributed by atoms with Crippen LogP contribution in [0.3, 0.4) is 0 Å². The molecule has 0 aromatic heterocycles. The molecule has 1 N–H and O–H groups in total. The largest absolute Gasteiger partial charge is 0.462 e. The van der Waals surface area contributed by atoms with Crippen molar-refractivity contribution in [1.82, 2.24) is 0 Å². The molecule has 0 bridgehead atoms. The van der Waals surface area contributed by atoms with Crippen molar-refractivity contribution in [2.75, 3.05) is 0 Å². The van der Waals surface area contributed by atoms with Crippen molar-refractivity contribution in [2.45, 2.75) is 89.2 Å². The molecule has 0 unspecified atom stereocenters. The van der Waals surface area contributed by atoms with Crippen LogP contribution in [0.2, 0.25) is 0 Å². The summed E-state index contributed by atoms with van der Waals surface area (Å²) in [4.78, 5) is 23.9. The average molecular weight is 383 g/mol. The first-order chi connectivity index (χ1) is 12.1. The van der Waals surface area contributed by atoms with E-state index in [1.807, 2.05) is 0 Å². The molecule has 4 aliphatic carbocycles. The van der Waals surface area contributed by atoms with Crippen LogP contribution >= 0.6 is 11.6 Å². The van der Waals surface area contributed by atoms with E-state index in [2.05, 4.69) is 13.8 Å². The van der Waals surface area contributed by atoms with Crippen LogP contribution in [-0.2, 0) is 14.3 Å². The Hall–Kier alpha value is -0.610. The van der Waals surface area contributed by atoms with Gasteiger partial charge in [0, 0.05) is 30.6 Å². The summed E-state index contributed by atoms with van der Waals surface area (Å²) in [5.74, 6) is 1.35. The van der Waals surface area contributed by atoms with E-state index in [1.165, 1.54) is 6.92 Å². The molecular formula is C21H31ClO4. The highest BCUT2D eigenvalue weighted by molar-refractivity contribution is 6.21. The van der Waals surface area contributed by atoms with Crippen LogP contribution in [0.15, 0.2) is 0 Å². The van der Waals surface area contributed by atoms with Gasteiger partial charge in [0.2, 0.25) is 0 Å². The van der Waals surface area contributed by atoms with Gasteiger partial charge in [-0.3, -0.25) is 9.59 Å². The molecule has 0 heterocycles. The second-order valence-electron chi connectivity index (χ2n) is 9.81. The van der Waals surface area contributed by atoms with Gasteiger partial charge in [-0.2, -0.15) is 0 Å². The van der Waals surface area contributed by atoms with Gasteiger partial charge in [-0.1, -0.05) is 13.8 Å². The number of alkyl halides is 1. The fourth-order valence-corrected chi connectivity index (χ4v) is 7.84. The zero-order chi connectivity index (χ0) is 18.9. The number of rotatable bonds is 1. The van der Waals surface area contributed by atoms with E-state index in [9.17, 15) is 14.7 Å². The predicted octanol–water partition coefficient (Wildman–Crippen LogP) is 3.86. The molecule has 0 aliphatic heterocycles. The lowest BCUT2D eigenvalue weighted by Gasteiger charge is -2.64. The molecule has 0 amide bonds. The standard InChI is InChI=1S/C21H31ClO4/c1-12(23)26-13-6-9-20(3)16-7-8-19(2)15(4-5-18(19)24)14(16)10-17(22)21(20,25)11-13/h13-17,25H,4-11H2,1-3H3/t13-,14-,15+,16-,17-,19-,20+,21-/m0/s1. The minimum atomic E-state index is -1.01. The van der Waals surface area contributed by atoms with Gasteiger partial charge >= 0.3 is 5.97 Å². The Bertz CT molecular complexity index is 636. The Morgan fingerprint density at radius 1 is 1.19 bits per heavy atom. The minimum absolute atomic E-state index is 0.182. The van der Waals surface area contributed by atoms with Crippen LogP contribution in [0.1, 0.15) is 72.1 Å². The second-order valence-corrected chi connectivity index (χ2v) is 10.3. The molecule has 0 saturated heterocycles. The molecule has 0 spiro atoms. The third kappa shape index (κ3) is 2.37. The Morgan fingerprint density at radius 3 is 2.62 bits per heavy atom. The fourth-order valence-electron chi connectivity index (χ4n) is 7.30. The van der Waals surface area contributed by atoms with Gasteiger partial charge in [0.25, 0.3) is 0 Å². The van der Waals surface area contributed by atoms with E-state index in [0.717, 1.165) is 38.5 Å². The summed E-state index contributed by atoms with van der Waals surface area (Å²) in [5.41, 5.74) is -1.46. The summed E-state index contributed by atoms with van der Waals surface area (Å²) in [5, 5.41) is 11.4. The summed E-state index contributed by atoms with van der Waals surface area (Å²) in [6.07, 6.45) is 6.16. The second kappa shape index (κ2) is 5.94.